The van der Waals surface area contributed by atoms with Crippen molar-refractivity contribution in [3.63, 3.8) is 0 Å². The van der Waals surface area contributed by atoms with Gasteiger partial charge in [-0.3, -0.25) is 0 Å². The first kappa shape index (κ1) is 6.05. The van der Waals surface area contributed by atoms with E-state index in [9.17, 15) is 0 Å². The van der Waals surface area contributed by atoms with Gasteiger partial charge in [0.05, 0.1) is 0 Å². The van der Waals surface area contributed by atoms with E-state index in [1.165, 1.54) is 0 Å². The van der Waals surface area contributed by atoms with Crippen LogP contribution in [0.15, 0.2) is 33.6 Å². The topological polar surface area (TPSA) is 0 Å². The highest BCUT2D eigenvalue weighted by atomic mass is 79.9. The molecule has 0 radical (unpaired) electrons. The smallest absolute Gasteiger partial charge is 0.0174 e. The van der Waals surface area contributed by atoms with Crippen LogP contribution in [0, 0.1) is 0 Å². The third kappa shape index (κ3) is 1.46. The van der Waals surface area contributed by atoms with E-state index in [1.54, 1.807) is 0 Å². The van der Waals surface area contributed by atoms with E-state index < -0.39 is 0 Å². The summed E-state index contributed by atoms with van der Waals surface area (Å²) >= 11 is 8.15. The van der Waals surface area contributed by atoms with Crippen molar-refractivity contribution in [2.75, 3.05) is 0 Å². The average Bonchev–Trinajstić information content (AvgIpc) is 1.77. The van der Waals surface area contributed by atoms with Gasteiger partial charge in [-0.05, 0) is 12.1 Å². The van der Waals surface area contributed by atoms with Gasteiger partial charge in [0.25, 0.3) is 0 Å². The number of hydrogen-bond donors (Lipinski definition) is 0. The van der Waals surface area contributed by atoms with Gasteiger partial charge in [-0.2, -0.15) is 4.90 Å². The Kier molecular flexibility index (Phi) is 1.86. The molecule has 0 spiro atoms. The molecule has 0 aliphatic carbocycles. The van der Waals surface area contributed by atoms with Crippen LogP contribution in [0.4, 0.5) is 0 Å². The summed E-state index contributed by atoms with van der Waals surface area (Å²) < 4.78 is 1.08. The summed E-state index contributed by atoms with van der Waals surface area (Å²) in [5.74, 6) is 0. The molecule has 0 aliphatic rings. The minimum atomic E-state index is 0.883. The number of halogens is 1. The average molecular weight is 188 g/mol. The molecule has 0 aliphatic heterocycles. The third-order valence-corrected chi connectivity index (χ3v) is 1.61. The van der Waals surface area contributed by atoms with E-state index in [0.717, 1.165) is 9.37 Å². The van der Waals surface area contributed by atoms with E-state index in [4.69, 9.17) is 12.6 Å². The summed E-state index contributed by atoms with van der Waals surface area (Å²) in [7, 11) is 0. The molecule has 42 valence electrons. The summed E-state index contributed by atoms with van der Waals surface area (Å²) in [6, 6.07) is 7.64. The first-order chi connectivity index (χ1) is 3.79. The van der Waals surface area contributed by atoms with Crippen LogP contribution in [0.5, 0.6) is 0 Å². The first-order valence-corrected chi connectivity index (χ1v) is 3.42. The van der Waals surface area contributed by atoms with Crippen LogP contribution in [-0.4, -0.2) is 0 Å². The van der Waals surface area contributed by atoms with Gasteiger partial charge in [-0.15, -0.1) is 0 Å². The Morgan fingerprint density at radius 1 is 1.12 bits per heavy atom. The highest BCUT2D eigenvalue weighted by Gasteiger charge is 1.76. The number of benzene rings is 1. The number of hydrogen-bond acceptors (Lipinski definition) is 1. The van der Waals surface area contributed by atoms with Gasteiger partial charge in [-0.1, -0.05) is 28.1 Å². The molecule has 0 N–H and O–H groups in total. The fraction of sp³-hybridized carbons (Fsp3) is 0. The van der Waals surface area contributed by atoms with E-state index in [0.29, 0.717) is 0 Å². The molecule has 0 nitrogen and oxygen atoms in total. The van der Waals surface area contributed by atoms with Crippen LogP contribution in [0.1, 0.15) is 0 Å². The van der Waals surface area contributed by atoms with Gasteiger partial charge < -0.3 is 12.6 Å². The summed E-state index contributed by atoms with van der Waals surface area (Å²) in [4.78, 5) is 0.883. The lowest BCUT2D eigenvalue weighted by Crippen LogP contribution is -1.66. The third-order valence-electron chi connectivity index (χ3n) is 0.814. The van der Waals surface area contributed by atoms with Crippen molar-refractivity contribution in [1.82, 2.24) is 0 Å². The van der Waals surface area contributed by atoms with Crippen molar-refractivity contribution in [2.24, 2.45) is 0 Å². The van der Waals surface area contributed by atoms with Crippen molar-refractivity contribution in [3.8, 4) is 0 Å². The second-order valence-electron chi connectivity index (χ2n) is 1.45. The molecule has 0 amide bonds. The van der Waals surface area contributed by atoms with Gasteiger partial charge >= 0.3 is 0 Å². The molecular formula is C6H4BrS-. The molecule has 0 bridgehead atoms. The fourth-order valence-corrected chi connectivity index (χ4v) is 0.835. The zero-order valence-electron chi connectivity index (χ0n) is 4.10. The van der Waals surface area contributed by atoms with Crippen LogP contribution >= 0.6 is 15.9 Å². The SMILES string of the molecule is [S-]c1ccc(Br)cc1. The molecule has 0 atom stereocenters. The quantitative estimate of drug-likeness (QED) is 0.563. The Morgan fingerprint density at radius 3 is 2.00 bits per heavy atom. The largest absolute Gasteiger partial charge is 0.780 e. The normalized spacial score (nSPS) is 9.12. The number of rotatable bonds is 0. The summed E-state index contributed by atoms with van der Waals surface area (Å²) in [6.45, 7) is 0. The van der Waals surface area contributed by atoms with Gasteiger partial charge in [-0.25, -0.2) is 0 Å². The standard InChI is InChI=1S/C6H5BrS/c7-5-1-3-6(8)4-2-5/h1-4,8H/p-1. The van der Waals surface area contributed by atoms with Crippen molar-refractivity contribution >= 4 is 28.6 Å². The molecule has 8 heavy (non-hydrogen) atoms. The van der Waals surface area contributed by atoms with E-state index in [1.807, 2.05) is 24.3 Å². The summed E-state index contributed by atoms with van der Waals surface area (Å²) in [5, 5.41) is 0. The molecule has 1 rings (SSSR count). The molecule has 1 aromatic rings. The van der Waals surface area contributed by atoms with E-state index in [-0.39, 0.29) is 0 Å². The minimum Gasteiger partial charge on any atom is -0.780 e. The van der Waals surface area contributed by atoms with Gasteiger partial charge in [0, 0.05) is 4.47 Å². The second kappa shape index (κ2) is 2.46. The Bertz CT molecular complexity index is 147. The summed E-state index contributed by atoms with van der Waals surface area (Å²) in [6.07, 6.45) is 0. The fourth-order valence-electron chi connectivity index (χ4n) is 0.435. The predicted molar refractivity (Wildman–Crippen MR) is 39.8 cm³/mol. The lowest BCUT2D eigenvalue weighted by Gasteiger charge is -2.01. The molecule has 0 heterocycles. The Balaban J connectivity index is 3.03. The van der Waals surface area contributed by atoms with Crippen molar-refractivity contribution in [2.45, 2.75) is 4.90 Å². The monoisotopic (exact) mass is 187 g/mol. The Hall–Kier alpha value is -0.0800. The first-order valence-electron chi connectivity index (χ1n) is 2.21. The molecule has 0 saturated carbocycles. The molecule has 0 saturated heterocycles. The van der Waals surface area contributed by atoms with Crippen LogP contribution in [-0.2, 0) is 12.6 Å². The Labute approximate surface area is 62.5 Å². The zero-order chi connectivity index (χ0) is 5.98. The molecule has 0 unspecified atom stereocenters. The zero-order valence-corrected chi connectivity index (χ0v) is 6.50. The predicted octanol–water partition coefficient (Wildman–Crippen LogP) is 2.35. The maximum atomic E-state index is 4.85. The lowest BCUT2D eigenvalue weighted by atomic mass is 10.4. The van der Waals surface area contributed by atoms with Crippen molar-refractivity contribution in [1.29, 1.82) is 0 Å². The van der Waals surface area contributed by atoms with Crippen LogP contribution < -0.4 is 0 Å². The van der Waals surface area contributed by atoms with E-state index in [2.05, 4.69) is 15.9 Å². The van der Waals surface area contributed by atoms with Crippen LogP contribution in [0.3, 0.4) is 0 Å². The van der Waals surface area contributed by atoms with Crippen LogP contribution in [0.25, 0.3) is 0 Å². The van der Waals surface area contributed by atoms with E-state index >= 15 is 0 Å². The highest BCUT2D eigenvalue weighted by Crippen LogP contribution is 2.09. The van der Waals surface area contributed by atoms with Gasteiger partial charge in [0.2, 0.25) is 0 Å². The van der Waals surface area contributed by atoms with Crippen molar-refractivity contribution in [3.05, 3.63) is 28.7 Å². The second-order valence-corrected chi connectivity index (χ2v) is 2.84. The summed E-state index contributed by atoms with van der Waals surface area (Å²) in [5.41, 5.74) is 0. The molecule has 0 aromatic heterocycles. The maximum Gasteiger partial charge on any atom is 0.0174 e. The van der Waals surface area contributed by atoms with Gasteiger partial charge in [0.1, 0.15) is 0 Å². The minimum absolute atomic E-state index is 0.883. The van der Waals surface area contributed by atoms with Gasteiger partial charge in [0.15, 0.2) is 0 Å². The highest BCUT2D eigenvalue weighted by molar-refractivity contribution is 9.10. The molecule has 2 heteroatoms. The maximum absolute atomic E-state index is 4.85. The van der Waals surface area contributed by atoms with Crippen molar-refractivity contribution < 1.29 is 0 Å². The molecule has 1 aromatic carbocycles. The molecular weight excluding hydrogens is 184 g/mol. The molecule has 0 fully saturated rings. The lowest BCUT2D eigenvalue weighted by molar-refractivity contribution is 1.45. The van der Waals surface area contributed by atoms with Crippen LogP contribution in [0.2, 0.25) is 0 Å². The Morgan fingerprint density at radius 2 is 1.62 bits per heavy atom.